The Kier molecular flexibility index (Phi) is 2.68. The lowest BCUT2D eigenvalue weighted by Gasteiger charge is -2.42. The Labute approximate surface area is 151 Å². The number of fused-ring (bicyclic) bond motifs is 5. The first-order chi connectivity index (χ1) is 13.5. The molecule has 0 spiro atoms. The molecule has 0 bridgehead atoms. The van der Waals surface area contributed by atoms with Gasteiger partial charge in [-0.2, -0.15) is 0 Å². The monoisotopic (exact) mass is 342 g/mol. The van der Waals surface area contributed by atoms with Crippen molar-refractivity contribution in [1.82, 2.24) is 4.90 Å². The molecule has 0 saturated carbocycles. The van der Waals surface area contributed by atoms with E-state index in [0.29, 0.717) is 52.7 Å². The third-order valence-electron chi connectivity index (χ3n) is 5.00. The number of nitrogens with zero attached hydrogens (tertiary/aromatic N) is 1. The molecule has 3 atom stereocenters. The molecule has 5 nitrogen and oxygen atoms in total. The summed E-state index contributed by atoms with van der Waals surface area (Å²) in [6.45, 7) is -0.171. The third-order valence-corrected chi connectivity index (χ3v) is 5.00. The molecule has 3 heterocycles. The summed E-state index contributed by atoms with van der Waals surface area (Å²) >= 11 is 0. The van der Waals surface area contributed by atoms with Gasteiger partial charge in [-0.05, 0) is 47.7 Å². The van der Waals surface area contributed by atoms with Crippen molar-refractivity contribution < 1.29 is 23.1 Å². The van der Waals surface area contributed by atoms with E-state index in [-0.39, 0.29) is 6.79 Å². The van der Waals surface area contributed by atoms with E-state index in [0.717, 1.165) is 5.56 Å². The van der Waals surface area contributed by atoms with Crippen molar-refractivity contribution in [3.05, 3.63) is 46.5 Å². The van der Waals surface area contributed by atoms with Crippen molar-refractivity contribution in [2.75, 3.05) is 27.6 Å². The van der Waals surface area contributed by atoms with Crippen molar-refractivity contribution in [2.24, 2.45) is 0 Å². The van der Waals surface area contributed by atoms with E-state index >= 15 is 0 Å². The quantitative estimate of drug-likeness (QED) is 0.839. The smallest absolute Gasteiger partial charge is 0.231 e. The number of ether oxygens (including phenoxy) is 4. The largest absolute Gasteiger partial charge is 0.493 e. The number of hydrogen-bond acceptors (Lipinski definition) is 5. The standard InChI is InChI=1S/C20H21NO4/c1-22-17-4-3-12-7-16-14-9-19-18(24-11-25-19)8-13(14)5-6-21(16)10-15(12)20(17)23-2/h3-4,8-9,16H,5-7,10-11H2,1-2H3/i7D,10D,16D. The number of hydrogen-bond donors (Lipinski definition) is 0. The van der Waals surface area contributed by atoms with Crippen LogP contribution in [0.3, 0.4) is 0 Å². The third kappa shape index (κ3) is 2.19. The van der Waals surface area contributed by atoms with Gasteiger partial charge in [-0.1, -0.05) is 6.07 Å². The fourth-order valence-corrected chi connectivity index (χ4v) is 3.77. The Morgan fingerprint density at radius 2 is 2.00 bits per heavy atom. The molecule has 3 aliphatic rings. The Balaban J connectivity index is 1.72. The highest BCUT2D eigenvalue weighted by atomic mass is 16.7. The minimum atomic E-state index is -1.40. The molecule has 2 aromatic carbocycles. The van der Waals surface area contributed by atoms with E-state index in [4.69, 9.17) is 21.7 Å². The average Bonchev–Trinajstić information content (AvgIpc) is 3.17. The van der Waals surface area contributed by atoms with Gasteiger partial charge >= 0.3 is 0 Å². The summed E-state index contributed by atoms with van der Waals surface area (Å²) in [5, 5.41) is 0. The van der Waals surface area contributed by atoms with Crippen molar-refractivity contribution in [3.63, 3.8) is 0 Å². The SMILES string of the molecule is [2H]C1c2c(ccc(OC)c2OC)C([2H])C2([2H])c3cc4c(cc3CCN12)OCO4. The highest BCUT2D eigenvalue weighted by Gasteiger charge is 2.35. The second-order valence-corrected chi connectivity index (χ2v) is 6.27. The summed E-state index contributed by atoms with van der Waals surface area (Å²) in [5.41, 5.74) is 2.91. The molecule has 3 aliphatic heterocycles. The van der Waals surface area contributed by atoms with Crippen LogP contribution >= 0.6 is 0 Å². The van der Waals surface area contributed by atoms with Gasteiger partial charge in [-0.25, -0.2) is 0 Å². The Morgan fingerprint density at radius 3 is 2.80 bits per heavy atom. The Hall–Kier alpha value is -2.40. The first-order valence-corrected chi connectivity index (χ1v) is 8.29. The first kappa shape index (κ1) is 12.0. The molecule has 0 saturated heterocycles. The first-order valence-electron chi connectivity index (χ1n) is 9.95. The zero-order valence-electron chi connectivity index (χ0n) is 17.2. The van der Waals surface area contributed by atoms with Crippen LogP contribution in [0.1, 0.15) is 32.4 Å². The second kappa shape index (κ2) is 5.56. The molecule has 0 N–H and O–H groups in total. The summed E-state index contributed by atoms with van der Waals surface area (Å²) in [7, 11) is 3.09. The Bertz CT molecular complexity index is 969. The van der Waals surface area contributed by atoms with Gasteiger partial charge in [0, 0.05) is 27.4 Å². The molecule has 0 aromatic heterocycles. The van der Waals surface area contributed by atoms with Crippen LogP contribution < -0.4 is 18.9 Å². The summed E-state index contributed by atoms with van der Waals surface area (Å²) < 4.78 is 49.2. The maximum absolute atomic E-state index is 9.37. The molecular weight excluding hydrogens is 318 g/mol. The van der Waals surface area contributed by atoms with Crippen LogP contribution in [0.15, 0.2) is 24.3 Å². The average molecular weight is 342 g/mol. The summed E-state index contributed by atoms with van der Waals surface area (Å²) in [5.74, 6) is 2.28. The zero-order chi connectivity index (χ0) is 19.6. The van der Waals surface area contributed by atoms with Crippen LogP contribution in [-0.4, -0.2) is 32.5 Å². The van der Waals surface area contributed by atoms with Crippen LogP contribution in [0, 0.1) is 0 Å². The maximum Gasteiger partial charge on any atom is 0.231 e. The van der Waals surface area contributed by atoms with Gasteiger partial charge in [0.2, 0.25) is 6.79 Å². The number of rotatable bonds is 2. The van der Waals surface area contributed by atoms with E-state index in [9.17, 15) is 1.37 Å². The van der Waals surface area contributed by atoms with Crippen LogP contribution in [0.2, 0.25) is 0 Å². The molecule has 130 valence electrons. The fraction of sp³-hybridized carbons (Fsp3) is 0.400. The second-order valence-electron chi connectivity index (χ2n) is 6.27. The molecular formula is C20H21NO4. The van der Waals surface area contributed by atoms with Gasteiger partial charge in [0.05, 0.1) is 15.6 Å². The molecule has 0 fully saturated rings. The molecule has 0 aliphatic carbocycles. The van der Waals surface area contributed by atoms with Crippen molar-refractivity contribution >= 4 is 0 Å². The fourth-order valence-electron chi connectivity index (χ4n) is 3.77. The summed E-state index contributed by atoms with van der Waals surface area (Å²) in [4.78, 5) is 1.76. The predicted molar refractivity (Wildman–Crippen MR) is 92.7 cm³/mol. The van der Waals surface area contributed by atoms with Crippen molar-refractivity contribution in [2.45, 2.75) is 25.4 Å². The van der Waals surface area contributed by atoms with E-state index < -0.39 is 18.9 Å². The van der Waals surface area contributed by atoms with Crippen LogP contribution in [0.5, 0.6) is 23.0 Å². The lowest BCUT2D eigenvalue weighted by molar-refractivity contribution is 0.157. The number of benzene rings is 2. The van der Waals surface area contributed by atoms with Crippen molar-refractivity contribution in [1.29, 1.82) is 0 Å². The van der Waals surface area contributed by atoms with Gasteiger partial charge in [-0.3, -0.25) is 4.90 Å². The highest BCUT2D eigenvalue weighted by molar-refractivity contribution is 5.55. The molecule has 0 radical (unpaired) electrons. The van der Waals surface area contributed by atoms with E-state index in [1.165, 1.54) is 0 Å². The molecule has 3 unspecified atom stereocenters. The van der Waals surface area contributed by atoms with Gasteiger partial charge in [-0.15, -0.1) is 0 Å². The topological polar surface area (TPSA) is 40.2 Å². The predicted octanol–water partition coefficient (Wildman–Crippen LogP) is 3.09. The summed E-state index contributed by atoms with van der Waals surface area (Å²) in [6.07, 6.45) is -0.237. The van der Waals surface area contributed by atoms with Crippen LogP contribution in [-0.2, 0) is 19.3 Å². The molecule has 5 heteroatoms. The van der Waals surface area contributed by atoms with E-state index in [1.807, 2.05) is 12.1 Å². The lowest BCUT2D eigenvalue weighted by atomic mass is 9.83. The molecule has 0 amide bonds. The Morgan fingerprint density at radius 1 is 1.16 bits per heavy atom. The summed E-state index contributed by atoms with van der Waals surface area (Å²) in [6, 6.07) is 5.87. The zero-order valence-corrected chi connectivity index (χ0v) is 14.2. The van der Waals surface area contributed by atoms with Crippen LogP contribution in [0.4, 0.5) is 0 Å². The normalized spacial score (nSPS) is 31.0. The van der Waals surface area contributed by atoms with Gasteiger partial charge < -0.3 is 18.9 Å². The van der Waals surface area contributed by atoms with Crippen molar-refractivity contribution in [3.8, 4) is 23.0 Å². The molecule has 2 aromatic rings. The van der Waals surface area contributed by atoms with Crippen LogP contribution in [0.25, 0.3) is 0 Å². The minimum Gasteiger partial charge on any atom is -0.493 e. The van der Waals surface area contributed by atoms with E-state index in [2.05, 4.69) is 0 Å². The minimum absolute atomic E-state index is 0.165. The molecule has 5 rings (SSSR count). The highest BCUT2D eigenvalue weighted by Crippen LogP contribution is 2.46. The van der Waals surface area contributed by atoms with E-state index in [1.54, 1.807) is 31.3 Å². The lowest BCUT2D eigenvalue weighted by Crippen LogP contribution is -2.39. The van der Waals surface area contributed by atoms with Gasteiger partial charge in [0.25, 0.3) is 0 Å². The molecule has 25 heavy (non-hydrogen) atoms. The number of methoxy groups -OCH3 is 2. The van der Waals surface area contributed by atoms with Gasteiger partial charge in [0.15, 0.2) is 23.0 Å². The van der Waals surface area contributed by atoms with Gasteiger partial charge in [0.1, 0.15) is 0 Å². The maximum atomic E-state index is 9.37.